The Bertz CT molecular complexity index is 944. The molecule has 0 saturated heterocycles. The molecule has 7 heteroatoms. The summed E-state index contributed by atoms with van der Waals surface area (Å²) >= 11 is 1.43. The van der Waals surface area contributed by atoms with Gasteiger partial charge in [0.1, 0.15) is 5.00 Å². The van der Waals surface area contributed by atoms with E-state index in [0.29, 0.717) is 29.3 Å². The molecule has 170 valence electrons. The fraction of sp³-hybridized carbons (Fsp3) is 0.625. The van der Waals surface area contributed by atoms with Crippen LogP contribution in [-0.4, -0.2) is 22.9 Å². The maximum Gasteiger partial charge on any atom is 0.307 e. The van der Waals surface area contributed by atoms with Crippen LogP contribution in [0.2, 0.25) is 0 Å². The molecule has 0 aliphatic heterocycles. The first-order valence-corrected chi connectivity index (χ1v) is 11.9. The van der Waals surface area contributed by atoms with Crippen LogP contribution < -0.4 is 11.1 Å². The van der Waals surface area contributed by atoms with Gasteiger partial charge >= 0.3 is 5.97 Å². The van der Waals surface area contributed by atoms with Gasteiger partial charge in [-0.1, -0.05) is 38.3 Å². The van der Waals surface area contributed by atoms with Crippen LogP contribution in [0, 0.1) is 23.2 Å². The molecule has 2 aliphatic rings. The van der Waals surface area contributed by atoms with E-state index in [1.54, 1.807) is 0 Å². The number of allylic oxidation sites excluding steroid dienone is 2. The first kappa shape index (κ1) is 23.5. The van der Waals surface area contributed by atoms with Gasteiger partial charge in [-0.3, -0.25) is 14.4 Å². The van der Waals surface area contributed by atoms with Gasteiger partial charge in [0.15, 0.2) is 0 Å². The summed E-state index contributed by atoms with van der Waals surface area (Å²) in [6, 6.07) is 0. The molecule has 0 radical (unpaired) electrons. The number of nitrogens with two attached hydrogens (primary N) is 1. The second-order valence-electron chi connectivity index (χ2n) is 9.86. The lowest BCUT2D eigenvalue weighted by molar-refractivity contribution is -0.146. The smallest absolute Gasteiger partial charge is 0.307 e. The van der Waals surface area contributed by atoms with Crippen molar-refractivity contribution in [2.75, 3.05) is 5.32 Å². The Morgan fingerprint density at radius 2 is 1.74 bits per heavy atom. The van der Waals surface area contributed by atoms with Crippen LogP contribution in [0.25, 0.3) is 0 Å². The van der Waals surface area contributed by atoms with Crippen molar-refractivity contribution in [3.63, 3.8) is 0 Å². The third-order valence-electron chi connectivity index (χ3n) is 7.69. The lowest BCUT2D eigenvalue weighted by Gasteiger charge is -2.36. The quantitative estimate of drug-likeness (QED) is 0.547. The number of carboxylic acids is 1. The summed E-state index contributed by atoms with van der Waals surface area (Å²) in [4.78, 5) is 38.4. The Balaban J connectivity index is 1.89. The normalized spacial score (nSPS) is 24.0. The van der Waals surface area contributed by atoms with Crippen molar-refractivity contribution in [1.82, 2.24) is 0 Å². The van der Waals surface area contributed by atoms with Gasteiger partial charge in [-0.2, -0.15) is 0 Å². The average molecular weight is 447 g/mol. The Kier molecular flexibility index (Phi) is 6.65. The zero-order valence-corrected chi connectivity index (χ0v) is 19.9. The van der Waals surface area contributed by atoms with E-state index in [4.69, 9.17) is 5.73 Å². The average Bonchev–Trinajstić information content (AvgIpc) is 3.06. The lowest BCUT2D eigenvalue weighted by atomic mass is 9.69. The molecule has 0 bridgehead atoms. The largest absolute Gasteiger partial charge is 0.481 e. The summed E-state index contributed by atoms with van der Waals surface area (Å²) in [5.74, 6) is -2.74. The molecule has 6 nitrogen and oxygen atoms in total. The molecule has 3 atom stereocenters. The van der Waals surface area contributed by atoms with Crippen LogP contribution in [0.1, 0.15) is 81.1 Å². The number of amides is 2. The Hall–Kier alpha value is -2.15. The van der Waals surface area contributed by atoms with Crippen molar-refractivity contribution < 1.29 is 19.5 Å². The summed E-state index contributed by atoms with van der Waals surface area (Å²) in [7, 11) is 0. The fourth-order valence-corrected chi connectivity index (χ4v) is 6.26. The Labute approximate surface area is 188 Å². The fourth-order valence-electron chi connectivity index (χ4n) is 4.92. The van der Waals surface area contributed by atoms with Crippen molar-refractivity contribution in [1.29, 1.82) is 0 Å². The van der Waals surface area contributed by atoms with Crippen molar-refractivity contribution in [3.8, 4) is 0 Å². The van der Waals surface area contributed by atoms with Crippen molar-refractivity contribution in [3.05, 3.63) is 27.2 Å². The zero-order valence-electron chi connectivity index (χ0n) is 19.1. The third-order valence-corrected chi connectivity index (χ3v) is 8.86. The molecule has 0 saturated carbocycles. The van der Waals surface area contributed by atoms with E-state index in [1.165, 1.54) is 11.3 Å². The highest BCUT2D eigenvalue weighted by Crippen LogP contribution is 2.46. The van der Waals surface area contributed by atoms with Crippen LogP contribution in [0.15, 0.2) is 11.1 Å². The van der Waals surface area contributed by atoms with Gasteiger partial charge in [-0.05, 0) is 62.8 Å². The van der Waals surface area contributed by atoms with Crippen molar-refractivity contribution in [2.24, 2.45) is 28.9 Å². The van der Waals surface area contributed by atoms with Gasteiger partial charge < -0.3 is 16.2 Å². The number of thiophene rings is 1. The number of hydrogen-bond acceptors (Lipinski definition) is 4. The monoisotopic (exact) mass is 446 g/mol. The van der Waals surface area contributed by atoms with Gasteiger partial charge in [0, 0.05) is 4.88 Å². The highest BCUT2D eigenvalue weighted by Gasteiger charge is 2.39. The highest BCUT2D eigenvalue weighted by molar-refractivity contribution is 7.17. The van der Waals surface area contributed by atoms with Crippen LogP contribution in [0.5, 0.6) is 0 Å². The van der Waals surface area contributed by atoms with Crippen LogP contribution in [-0.2, 0) is 22.4 Å². The van der Waals surface area contributed by atoms with E-state index in [1.807, 2.05) is 13.8 Å². The second kappa shape index (κ2) is 8.77. The van der Waals surface area contributed by atoms with Gasteiger partial charge in [-0.25, -0.2) is 0 Å². The van der Waals surface area contributed by atoms with E-state index < -0.39 is 23.7 Å². The van der Waals surface area contributed by atoms with E-state index in [-0.39, 0.29) is 11.3 Å². The molecule has 2 amide bonds. The molecule has 1 aromatic heterocycles. The number of fused-ring (bicyclic) bond motifs is 1. The minimum Gasteiger partial charge on any atom is -0.481 e. The van der Waals surface area contributed by atoms with E-state index in [2.05, 4.69) is 26.1 Å². The van der Waals surface area contributed by atoms with E-state index in [9.17, 15) is 19.5 Å². The molecule has 3 unspecified atom stereocenters. The maximum atomic E-state index is 13.1. The third kappa shape index (κ3) is 4.56. The standard InChI is InChI=1S/C24H34N2O4S/c1-6-24(4,5)14-7-8-15-18(11-14)31-22(19(15)20(25)27)26-21(28)16-9-12(2)13(3)10-17(16)23(29)30/h14,16-17H,6-11H2,1-5H3,(H2,25,27)(H,26,28)(H,29,30). The summed E-state index contributed by atoms with van der Waals surface area (Å²) in [5, 5.41) is 13.0. The molecular formula is C24H34N2O4S. The molecule has 0 spiro atoms. The first-order chi connectivity index (χ1) is 14.5. The number of rotatable bonds is 6. The number of anilines is 1. The summed E-state index contributed by atoms with van der Waals surface area (Å²) in [6.07, 6.45) is 4.50. The maximum absolute atomic E-state index is 13.1. The Morgan fingerprint density at radius 3 is 2.29 bits per heavy atom. The van der Waals surface area contributed by atoms with Crippen molar-refractivity contribution in [2.45, 2.75) is 73.1 Å². The molecule has 3 rings (SSSR count). The van der Waals surface area contributed by atoms with Gasteiger partial charge in [-0.15, -0.1) is 11.3 Å². The molecule has 2 aliphatic carbocycles. The van der Waals surface area contributed by atoms with E-state index in [0.717, 1.165) is 47.3 Å². The van der Waals surface area contributed by atoms with Gasteiger partial charge in [0.05, 0.1) is 17.4 Å². The predicted molar refractivity (Wildman–Crippen MR) is 123 cm³/mol. The molecular weight excluding hydrogens is 412 g/mol. The topological polar surface area (TPSA) is 109 Å². The van der Waals surface area contributed by atoms with Crippen LogP contribution in [0.3, 0.4) is 0 Å². The first-order valence-electron chi connectivity index (χ1n) is 11.1. The number of carbonyl (C=O) groups excluding carboxylic acids is 2. The van der Waals surface area contributed by atoms with Gasteiger partial charge in [0.2, 0.25) is 5.91 Å². The number of nitrogens with one attached hydrogen (secondary N) is 1. The number of carbonyl (C=O) groups is 3. The highest BCUT2D eigenvalue weighted by atomic mass is 32.1. The summed E-state index contributed by atoms with van der Waals surface area (Å²) in [6.45, 7) is 10.6. The van der Waals surface area contributed by atoms with E-state index >= 15 is 0 Å². The van der Waals surface area contributed by atoms with Gasteiger partial charge in [0.25, 0.3) is 5.91 Å². The predicted octanol–water partition coefficient (Wildman–Crippen LogP) is 4.77. The Morgan fingerprint density at radius 1 is 1.13 bits per heavy atom. The number of carboxylic acid groups (broad SMARTS) is 1. The minimum absolute atomic E-state index is 0.205. The summed E-state index contributed by atoms with van der Waals surface area (Å²) in [5.41, 5.74) is 9.38. The lowest BCUT2D eigenvalue weighted by Crippen LogP contribution is -2.36. The zero-order chi connectivity index (χ0) is 23.1. The number of hydrogen-bond donors (Lipinski definition) is 3. The molecule has 0 fully saturated rings. The number of primary amides is 1. The molecule has 4 N–H and O–H groups in total. The molecule has 1 aromatic rings. The molecule has 31 heavy (non-hydrogen) atoms. The molecule has 0 aromatic carbocycles. The van der Waals surface area contributed by atoms with Crippen molar-refractivity contribution >= 4 is 34.1 Å². The SMILES string of the molecule is CCC(C)(C)C1CCc2c(sc(NC(=O)C3CC(C)=C(C)CC3C(=O)O)c2C(N)=O)C1. The minimum atomic E-state index is -0.961. The molecule has 1 heterocycles. The second-order valence-corrected chi connectivity index (χ2v) is 11.0. The number of aliphatic carboxylic acids is 1. The van der Waals surface area contributed by atoms with Crippen LogP contribution in [0.4, 0.5) is 5.00 Å². The summed E-state index contributed by atoms with van der Waals surface area (Å²) < 4.78 is 0. The van der Waals surface area contributed by atoms with Crippen LogP contribution >= 0.6 is 11.3 Å².